The summed E-state index contributed by atoms with van der Waals surface area (Å²) in [6.45, 7) is 2.44. The molecule has 0 aliphatic carbocycles. The Hall–Kier alpha value is -3.94. The van der Waals surface area contributed by atoms with Gasteiger partial charge in [0.25, 0.3) is 11.5 Å². The molecule has 0 aliphatic rings. The molecule has 0 fully saturated rings. The minimum absolute atomic E-state index is 0.142. The van der Waals surface area contributed by atoms with Crippen molar-refractivity contribution in [2.75, 3.05) is 20.8 Å². The SMILES string of the molecule is CCN(Cc1nc2cc(OC)c(OC)cc2c(=O)[nH]1)C(=O)c1ccc2ccccc2n1. The normalized spacial score (nSPS) is 10.9. The molecular weight excluding hydrogens is 396 g/mol. The number of carbonyl (C=O) groups is 1. The van der Waals surface area contributed by atoms with Crippen molar-refractivity contribution in [1.29, 1.82) is 0 Å². The van der Waals surface area contributed by atoms with Gasteiger partial charge in [0.05, 0.1) is 37.2 Å². The monoisotopic (exact) mass is 418 g/mol. The van der Waals surface area contributed by atoms with Gasteiger partial charge in [0, 0.05) is 18.0 Å². The molecule has 158 valence electrons. The fourth-order valence-corrected chi connectivity index (χ4v) is 3.44. The molecule has 2 aromatic carbocycles. The number of aromatic nitrogens is 3. The van der Waals surface area contributed by atoms with Crippen molar-refractivity contribution >= 4 is 27.7 Å². The lowest BCUT2D eigenvalue weighted by molar-refractivity contribution is 0.0743. The van der Waals surface area contributed by atoms with E-state index in [-0.39, 0.29) is 18.0 Å². The van der Waals surface area contributed by atoms with Gasteiger partial charge >= 0.3 is 0 Å². The molecule has 0 radical (unpaired) electrons. The first kappa shape index (κ1) is 20.3. The van der Waals surface area contributed by atoms with Crippen molar-refractivity contribution in [3.63, 3.8) is 0 Å². The van der Waals surface area contributed by atoms with Crippen LogP contribution in [0.3, 0.4) is 0 Å². The summed E-state index contributed by atoms with van der Waals surface area (Å²) in [7, 11) is 3.02. The van der Waals surface area contributed by atoms with Crippen LogP contribution in [0.25, 0.3) is 21.8 Å². The highest BCUT2D eigenvalue weighted by Crippen LogP contribution is 2.30. The molecule has 8 heteroatoms. The summed E-state index contributed by atoms with van der Waals surface area (Å²) in [5.74, 6) is 1.06. The molecular formula is C23H22N4O4. The summed E-state index contributed by atoms with van der Waals surface area (Å²) >= 11 is 0. The standard InChI is InChI=1S/C23H22N4O4/c1-4-27(23(29)17-10-9-14-7-5-6-8-16(14)24-17)13-21-25-18-12-20(31-3)19(30-2)11-15(18)22(28)26-21/h5-12H,4,13H2,1-3H3,(H,25,26,28). The maximum absolute atomic E-state index is 13.1. The fraction of sp³-hybridized carbons (Fsp3) is 0.217. The van der Waals surface area contributed by atoms with Crippen LogP contribution < -0.4 is 15.0 Å². The Bertz CT molecular complexity index is 1330. The highest BCUT2D eigenvalue weighted by Gasteiger charge is 2.18. The Labute approximate surface area is 178 Å². The van der Waals surface area contributed by atoms with E-state index in [4.69, 9.17) is 9.47 Å². The Morgan fingerprint density at radius 3 is 2.48 bits per heavy atom. The number of hydrogen-bond acceptors (Lipinski definition) is 6. The number of aromatic amines is 1. The second kappa shape index (κ2) is 8.43. The number of hydrogen-bond donors (Lipinski definition) is 1. The molecule has 0 saturated carbocycles. The summed E-state index contributed by atoms with van der Waals surface area (Å²) in [6, 6.07) is 14.4. The van der Waals surface area contributed by atoms with Crippen LogP contribution in [-0.2, 0) is 6.54 Å². The van der Waals surface area contributed by atoms with Crippen molar-refractivity contribution in [3.8, 4) is 11.5 Å². The van der Waals surface area contributed by atoms with Gasteiger partial charge in [0.1, 0.15) is 11.5 Å². The fourth-order valence-electron chi connectivity index (χ4n) is 3.44. The van der Waals surface area contributed by atoms with Gasteiger partial charge in [-0.05, 0) is 25.1 Å². The smallest absolute Gasteiger partial charge is 0.272 e. The number of amides is 1. The van der Waals surface area contributed by atoms with Gasteiger partial charge in [-0.25, -0.2) is 9.97 Å². The zero-order chi connectivity index (χ0) is 22.0. The number of H-pyrrole nitrogens is 1. The maximum Gasteiger partial charge on any atom is 0.272 e. The van der Waals surface area contributed by atoms with Gasteiger partial charge in [-0.1, -0.05) is 24.3 Å². The predicted molar refractivity (Wildman–Crippen MR) is 118 cm³/mol. The molecule has 4 rings (SSSR count). The number of rotatable bonds is 6. The van der Waals surface area contributed by atoms with E-state index in [1.165, 1.54) is 14.2 Å². The van der Waals surface area contributed by atoms with Gasteiger partial charge in [0.15, 0.2) is 11.5 Å². The van der Waals surface area contributed by atoms with Gasteiger partial charge < -0.3 is 19.4 Å². The summed E-state index contributed by atoms with van der Waals surface area (Å²) in [5.41, 5.74) is 1.25. The summed E-state index contributed by atoms with van der Waals surface area (Å²) < 4.78 is 10.6. The average Bonchev–Trinajstić information content (AvgIpc) is 2.81. The van der Waals surface area contributed by atoms with Gasteiger partial charge in [-0.2, -0.15) is 0 Å². The second-order valence-electron chi connectivity index (χ2n) is 6.95. The van der Waals surface area contributed by atoms with E-state index in [1.54, 1.807) is 23.1 Å². The summed E-state index contributed by atoms with van der Waals surface area (Å²) in [5, 5.41) is 1.35. The number of nitrogens with zero attached hydrogens (tertiary/aromatic N) is 3. The molecule has 0 unspecified atom stereocenters. The molecule has 31 heavy (non-hydrogen) atoms. The largest absolute Gasteiger partial charge is 0.493 e. The quantitative estimate of drug-likeness (QED) is 0.517. The molecule has 0 spiro atoms. The lowest BCUT2D eigenvalue weighted by atomic mass is 10.2. The number of carbonyl (C=O) groups excluding carboxylic acids is 1. The zero-order valence-corrected chi connectivity index (χ0v) is 17.5. The number of methoxy groups -OCH3 is 2. The Kier molecular flexibility index (Phi) is 5.53. The molecule has 1 amide bonds. The van der Waals surface area contributed by atoms with Crippen molar-refractivity contribution in [2.24, 2.45) is 0 Å². The number of benzene rings is 2. The second-order valence-corrected chi connectivity index (χ2v) is 6.95. The molecule has 2 aromatic heterocycles. The van der Waals surface area contributed by atoms with Gasteiger partial charge in [-0.3, -0.25) is 9.59 Å². The highest BCUT2D eigenvalue weighted by molar-refractivity contribution is 5.94. The molecule has 0 bridgehead atoms. The summed E-state index contributed by atoms with van der Waals surface area (Å²) in [6.07, 6.45) is 0. The first-order valence-corrected chi connectivity index (χ1v) is 9.84. The van der Waals surface area contributed by atoms with E-state index < -0.39 is 0 Å². The van der Waals surface area contributed by atoms with Crippen molar-refractivity contribution in [2.45, 2.75) is 13.5 Å². The molecule has 4 aromatic rings. The number of ether oxygens (including phenoxy) is 2. The van der Waals surface area contributed by atoms with Crippen LogP contribution in [0.2, 0.25) is 0 Å². The van der Waals surface area contributed by atoms with Crippen LogP contribution in [0.15, 0.2) is 53.3 Å². The highest BCUT2D eigenvalue weighted by atomic mass is 16.5. The first-order valence-electron chi connectivity index (χ1n) is 9.84. The minimum Gasteiger partial charge on any atom is -0.493 e. The molecule has 8 nitrogen and oxygen atoms in total. The third kappa shape index (κ3) is 3.92. The maximum atomic E-state index is 13.1. The molecule has 1 N–H and O–H groups in total. The Morgan fingerprint density at radius 2 is 1.74 bits per heavy atom. The Balaban J connectivity index is 1.66. The van der Waals surface area contributed by atoms with E-state index >= 15 is 0 Å². The average molecular weight is 418 g/mol. The topological polar surface area (TPSA) is 97.4 Å². The van der Waals surface area contributed by atoms with E-state index in [0.717, 1.165) is 10.9 Å². The molecule has 0 atom stereocenters. The van der Waals surface area contributed by atoms with Crippen LogP contribution in [0.5, 0.6) is 11.5 Å². The lowest BCUT2D eigenvalue weighted by Gasteiger charge is -2.20. The van der Waals surface area contributed by atoms with Crippen LogP contribution in [0.1, 0.15) is 23.2 Å². The van der Waals surface area contributed by atoms with E-state index in [0.29, 0.717) is 40.5 Å². The Morgan fingerprint density at radius 1 is 1.00 bits per heavy atom. The van der Waals surface area contributed by atoms with Crippen LogP contribution in [-0.4, -0.2) is 46.5 Å². The van der Waals surface area contributed by atoms with Gasteiger partial charge in [-0.15, -0.1) is 0 Å². The number of para-hydroxylation sites is 1. The number of fused-ring (bicyclic) bond motifs is 2. The van der Waals surface area contributed by atoms with Crippen molar-refractivity contribution in [1.82, 2.24) is 19.9 Å². The van der Waals surface area contributed by atoms with E-state index in [2.05, 4.69) is 15.0 Å². The van der Waals surface area contributed by atoms with Crippen molar-refractivity contribution in [3.05, 3.63) is 70.4 Å². The van der Waals surface area contributed by atoms with E-state index in [1.807, 2.05) is 37.3 Å². The van der Waals surface area contributed by atoms with Crippen LogP contribution >= 0.6 is 0 Å². The van der Waals surface area contributed by atoms with Crippen molar-refractivity contribution < 1.29 is 14.3 Å². The molecule has 0 aliphatic heterocycles. The molecule has 0 saturated heterocycles. The molecule has 2 heterocycles. The minimum atomic E-state index is -0.312. The van der Waals surface area contributed by atoms with Crippen LogP contribution in [0, 0.1) is 0 Å². The number of pyridine rings is 1. The van der Waals surface area contributed by atoms with Gasteiger partial charge in [0.2, 0.25) is 0 Å². The first-order chi connectivity index (χ1) is 15.0. The number of nitrogens with one attached hydrogen (secondary N) is 1. The summed E-state index contributed by atoms with van der Waals surface area (Å²) in [4.78, 5) is 39.0. The third-order valence-electron chi connectivity index (χ3n) is 5.09. The zero-order valence-electron chi connectivity index (χ0n) is 17.5. The predicted octanol–water partition coefficient (Wildman–Crippen LogP) is 3.15. The van der Waals surface area contributed by atoms with E-state index in [9.17, 15) is 9.59 Å². The lowest BCUT2D eigenvalue weighted by Crippen LogP contribution is -2.32. The van der Waals surface area contributed by atoms with Crippen LogP contribution in [0.4, 0.5) is 0 Å². The third-order valence-corrected chi connectivity index (χ3v) is 5.09.